The van der Waals surface area contributed by atoms with Crippen molar-refractivity contribution in [2.24, 2.45) is 0 Å². The van der Waals surface area contributed by atoms with Crippen LogP contribution in [0.2, 0.25) is 0 Å². The molecular formula is C19H23N3. The van der Waals surface area contributed by atoms with E-state index in [1.807, 2.05) is 0 Å². The number of fused-ring (bicyclic) bond motifs is 1. The smallest absolute Gasteiger partial charge is 0.157 e. The molecule has 0 saturated carbocycles. The van der Waals surface area contributed by atoms with E-state index in [0.29, 0.717) is 0 Å². The maximum absolute atomic E-state index is 4.96. The summed E-state index contributed by atoms with van der Waals surface area (Å²) in [5, 5.41) is 0. The number of anilines is 2. The molecule has 3 nitrogen and oxygen atoms in total. The summed E-state index contributed by atoms with van der Waals surface area (Å²) in [6.45, 7) is 10.3. The number of aromatic nitrogens is 1. The van der Waals surface area contributed by atoms with E-state index in [-0.39, 0.29) is 0 Å². The van der Waals surface area contributed by atoms with E-state index in [4.69, 9.17) is 4.98 Å². The van der Waals surface area contributed by atoms with E-state index in [1.165, 1.54) is 11.3 Å². The highest BCUT2D eigenvalue weighted by atomic mass is 15.3. The third-order valence-electron chi connectivity index (χ3n) is 4.17. The number of hydrogen-bond donors (Lipinski definition) is 0. The highest BCUT2D eigenvalue weighted by Gasteiger charge is 2.21. The molecule has 0 radical (unpaired) electrons. The molecule has 2 heterocycles. The molecule has 1 aromatic carbocycles. The third kappa shape index (κ3) is 2.71. The second-order valence-corrected chi connectivity index (χ2v) is 6.07. The van der Waals surface area contributed by atoms with Crippen molar-refractivity contribution in [3.8, 4) is 11.3 Å². The van der Waals surface area contributed by atoms with Crippen LogP contribution in [-0.2, 0) is 0 Å². The van der Waals surface area contributed by atoms with Gasteiger partial charge in [-0.25, -0.2) is 4.98 Å². The molecule has 22 heavy (non-hydrogen) atoms. The Morgan fingerprint density at radius 3 is 2.73 bits per heavy atom. The molecule has 1 aliphatic rings. The predicted molar refractivity (Wildman–Crippen MR) is 94.5 cm³/mol. The van der Waals surface area contributed by atoms with Gasteiger partial charge < -0.3 is 9.80 Å². The fourth-order valence-corrected chi connectivity index (χ4v) is 2.97. The molecule has 0 aliphatic carbocycles. The molecular weight excluding hydrogens is 270 g/mol. The zero-order chi connectivity index (χ0) is 15.7. The van der Waals surface area contributed by atoms with Crippen molar-refractivity contribution in [1.82, 2.24) is 4.98 Å². The lowest BCUT2D eigenvalue weighted by atomic mass is 10.1. The Hall–Kier alpha value is -2.29. The molecule has 0 spiro atoms. The molecule has 1 aromatic heterocycles. The van der Waals surface area contributed by atoms with E-state index in [0.717, 1.165) is 42.3 Å². The zero-order valence-electron chi connectivity index (χ0n) is 13.6. The summed E-state index contributed by atoms with van der Waals surface area (Å²) in [6, 6.07) is 12.8. The Bertz CT molecular complexity index is 706. The highest BCUT2D eigenvalue weighted by Crippen LogP contribution is 2.34. The summed E-state index contributed by atoms with van der Waals surface area (Å²) < 4.78 is 0. The largest absolute Gasteiger partial charge is 0.372 e. The molecule has 3 rings (SSSR count). The van der Waals surface area contributed by atoms with Crippen molar-refractivity contribution in [2.45, 2.75) is 20.3 Å². The molecule has 0 unspecified atom stereocenters. The second kappa shape index (κ2) is 5.84. The number of aryl methyl sites for hydroxylation is 1. The van der Waals surface area contributed by atoms with Gasteiger partial charge in [0, 0.05) is 31.4 Å². The molecule has 0 saturated heterocycles. The number of nitrogens with zero attached hydrogens (tertiary/aromatic N) is 3. The first-order chi connectivity index (χ1) is 10.6. The molecule has 114 valence electrons. The summed E-state index contributed by atoms with van der Waals surface area (Å²) in [7, 11) is 2.13. The Morgan fingerprint density at radius 1 is 1.18 bits per heavy atom. The van der Waals surface area contributed by atoms with Gasteiger partial charge in [-0.15, -0.1) is 0 Å². The van der Waals surface area contributed by atoms with Gasteiger partial charge in [-0.2, -0.15) is 0 Å². The number of rotatable bonds is 2. The van der Waals surface area contributed by atoms with Crippen LogP contribution in [0.3, 0.4) is 0 Å². The topological polar surface area (TPSA) is 19.4 Å². The lowest BCUT2D eigenvalue weighted by Crippen LogP contribution is -2.22. The van der Waals surface area contributed by atoms with Crippen molar-refractivity contribution in [1.29, 1.82) is 0 Å². The minimum atomic E-state index is 0.969. The molecule has 3 heteroatoms. The quantitative estimate of drug-likeness (QED) is 0.825. The third-order valence-corrected chi connectivity index (χ3v) is 4.17. The van der Waals surface area contributed by atoms with Gasteiger partial charge in [-0.05, 0) is 38.5 Å². The van der Waals surface area contributed by atoms with Crippen LogP contribution in [0.4, 0.5) is 11.5 Å². The van der Waals surface area contributed by atoms with E-state index in [1.54, 1.807) is 0 Å². The summed E-state index contributed by atoms with van der Waals surface area (Å²) in [5.41, 5.74) is 5.66. The average molecular weight is 293 g/mol. The van der Waals surface area contributed by atoms with Crippen molar-refractivity contribution >= 4 is 11.5 Å². The van der Waals surface area contributed by atoms with Crippen LogP contribution in [0.5, 0.6) is 0 Å². The normalized spacial score (nSPS) is 14.5. The van der Waals surface area contributed by atoms with Crippen LogP contribution in [-0.4, -0.2) is 25.1 Å². The van der Waals surface area contributed by atoms with Gasteiger partial charge in [0.15, 0.2) is 5.82 Å². The van der Waals surface area contributed by atoms with Crippen LogP contribution >= 0.6 is 0 Å². The van der Waals surface area contributed by atoms with Gasteiger partial charge in [-0.3, -0.25) is 0 Å². The number of allylic oxidation sites excluding steroid dienone is 1. The fraction of sp³-hybridized carbons (Fsp3) is 0.316. The summed E-state index contributed by atoms with van der Waals surface area (Å²) in [6.07, 6.45) is 1.11. The predicted octanol–water partition coefficient (Wildman–Crippen LogP) is 4.24. The van der Waals surface area contributed by atoms with Crippen LogP contribution in [0.15, 0.2) is 48.7 Å². The van der Waals surface area contributed by atoms with E-state index >= 15 is 0 Å². The van der Waals surface area contributed by atoms with Crippen molar-refractivity contribution in [3.05, 3.63) is 54.2 Å². The second-order valence-electron chi connectivity index (χ2n) is 6.07. The van der Waals surface area contributed by atoms with Crippen LogP contribution in [0.25, 0.3) is 11.3 Å². The molecule has 0 fully saturated rings. The first kappa shape index (κ1) is 14.6. The average Bonchev–Trinajstić information content (AvgIpc) is 2.66. The van der Waals surface area contributed by atoms with Gasteiger partial charge in [0.1, 0.15) is 0 Å². The summed E-state index contributed by atoms with van der Waals surface area (Å²) in [5.74, 6) is 1.02. The van der Waals surface area contributed by atoms with Gasteiger partial charge in [0.05, 0.1) is 11.4 Å². The Balaban J connectivity index is 2.12. The van der Waals surface area contributed by atoms with E-state index in [9.17, 15) is 0 Å². The lowest BCUT2D eigenvalue weighted by molar-refractivity contribution is 0.788. The van der Waals surface area contributed by atoms with Gasteiger partial charge in [0.25, 0.3) is 0 Å². The minimum Gasteiger partial charge on any atom is -0.372 e. The van der Waals surface area contributed by atoms with Crippen LogP contribution in [0, 0.1) is 6.92 Å². The first-order valence-electron chi connectivity index (χ1n) is 7.78. The molecule has 0 N–H and O–H groups in total. The Morgan fingerprint density at radius 2 is 2.00 bits per heavy atom. The molecule has 0 bridgehead atoms. The summed E-state index contributed by atoms with van der Waals surface area (Å²) >= 11 is 0. The van der Waals surface area contributed by atoms with Crippen molar-refractivity contribution < 1.29 is 0 Å². The SMILES string of the molecule is C=C(C)N1CCCN(C)c2ccc(-c3cccc(C)c3)nc21. The molecule has 0 atom stereocenters. The van der Waals surface area contributed by atoms with E-state index < -0.39 is 0 Å². The fourth-order valence-electron chi connectivity index (χ4n) is 2.97. The van der Waals surface area contributed by atoms with Crippen molar-refractivity contribution in [2.75, 3.05) is 29.9 Å². The lowest BCUT2D eigenvalue weighted by Gasteiger charge is -2.25. The van der Waals surface area contributed by atoms with Gasteiger partial charge >= 0.3 is 0 Å². The first-order valence-corrected chi connectivity index (χ1v) is 7.78. The highest BCUT2D eigenvalue weighted by molar-refractivity contribution is 5.74. The number of pyridine rings is 1. The number of benzene rings is 1. The zero-order valence-corrected chi connectivity index (χ0v) is 13.6. The Kier molecular flexibility index (Phi) is 3.88. The monoisotopic (exact) mass is 293 g/mol. The standard InChI is InChI=1S/C19H23N3/c1-14(2)22-12-6-11-21(4)18-10-9-17(20-19(18)22)16-8-5-7-15(3)13-16/h5,7-10,13H,1,6,11-12H2,2-4H3. The maximum Gasteiger partial charge on any atom is 0.157 e. The van der Waals surface area contributed by atoms with Gasteiger partial charge in [0.2, 0.25) is 0 Å². The van der Waals surface area contributed by atoms with Crippen LogP contribution < -0.4 is 9.80 Å². The Labute approximate surface area is 132 Å². The number of hydrogen-bond acceptors (Lipinski definition) is 3. The molecule has 1 aliphatic heterocycles. The van der Waals surface area contributed by atoms with Gasteiger partial charge in [-0.1, -0.05) is 30.3 Å². The minimum absolute atomic E-state index is 0.969. The van der Waals surface area contributed by atoms with Crippen LogP contribution in [0.1, 0.15) is 18.9 Å². The maximum atomic E-state index is 4.96. The van der Waals surface area contributed by atoms with E-state index in [2.05, 4.69) is 73.7 Å². The van der Waals surface area contributed by atoms with Crippen molar-refractivity contribution in [3.63, 3.8) is 0 Å². The molecule has 2 aromatic rings. The summed E-state index contributed by atoms with van der Waals surface area (Å²) in [4.78, 5) is 9.48. The molecule has 0 amide bonds.